The normalized spacial score (nSPS) is 14.4. The first-order valence-corrected chi connectivity index (χ1v) is 11.3. The van der Waals surface area contributed by atoms with Gasteiger partial charge in [0.1, 0.15) is 11.5 Å². The molecule has 0 saturated carbocycles. The molecule has 33 heavy (non-hydrogen) atoms. The van der Waals surface area contributed by atoms with E-state index < -0.39 is 0 Å². The third kappa shape index (κ3) is 5.07. The van der Waals surface area contributed by atoms with Gasteiger partial charge in [-0.05, 0) is 25.6 Å². The van der Waals surface area contributed by atoms with Crippen LogP contribution in [-0.4, -0.2) is 68.5 Å². The number of rotatable bonds is 6. The largest absolute Gasteiger partial charge is 0.338 e. The Balaban J connectivity index is 1.54. The van der Waals surface area contributed by atoms with Crippen molar-refractivity contribution in [3.8, 4) is 0 Å². The summed E-state index contributed by atoms with van der Waals surface area (Å²) in [4.78, 5) is 35.4. The molecule has 0 bridgehead atoms. The molecule has 2 N–H and O–H groups in total. The van der Waals surface area contributed by atoms with Crippen molar-refractivity contribution in [3.63, 3.8) is 0 Å². The molecule has 1 fully saturated rings. The first kappa shape index (κ1) is 22.9. The lowest BCUT2D eigenvalue weighted by Gasteiger charge is -2.32. The van der Waals surface area contributed by atoms with Crippen molar-refractivity contribution in [1.29, 1.82) is 0 Å². The van der Waals surface area contributed by atoms with Crippen molar-refractivity contribution in [2.24, 2.45) is 7.05 Å². The Morgan fingerprint density at radius 1 is 1.12 bits per heavy atom. The van der Waals surface area contributed by atoms with E-state index in [0.717, 1.165) is 31.7 Å². The number of anilines is 4. The number of hydrogen-bond donors (Lipinski definition) is 2. The second kappa shape index (κ2) is 9.72. The minimum atomic E-state index is -0.308. The zero-order valence-electron chi connectivity index (χ0n) is 19.3. The molecule has 0 atom stereocenters. The number of carbonyl (C=O) groups is 1. The zero-order valence-corrected chi connectivity index (χ0v) is 20.0. The monoisotopic (exact) mass is 469 g/mol. The van der Waals surface area contributed by atoms with Gasteiger partial charge in [-0.1, -0.05) is 30.7 Å². The molecule has 174 valence electrons. The number of para-hydroxylation sites is 1. The predicted molar refractivity (Wildman–Crippen MR) is 130 cm³/mol. The van der Waals surface area contributed by atoms with Crippen molar-refractivity contribution in [2.75, 3.05) is 48.8 Å². The van der Waals surface area contributed by atoms with Crippen molar-refractivity contribution >= 4 is 41.0 Å². The Labute approximate surface area is 198 Å². The van der Waals surface area contributed by atoms with E-state index in [9.17, 15) is 4.79 Å². The number of benzene rings is 1. The van der Waals surface area contributed by atoms with Crippen LogP contribution in [0.25, 0.3) is 0 Å². The van der Waals surface area contributed by atoms with Crippen LogP contribution in [0.5, 0.6) is 0 Å². The van der Waals surface area contributed by atoms with Crippen LogP contribution in [-0.2, 0) is 13.5 Å². The molecule has 1 aromatic carbocycles. The minimum absolute atomic E-state index is 0.308. The number of aryl methyl sites for hydroxylation is 2. The zero-order chi connectivity index (χ0) is 23.5. The van der Waals surface area contributed by atoms with Crippen LogP contribution in [0.3, 0.4) is 0 Å². The summed E-state index contributed by atoms with van der Waals surface area (Å²) in [5.41, 5.74) is 1.84. The van der Waals surface area contributed by atoms with Crippen LogP contribution in [0.4, 0.5) is 23.5 Å². The number of hydrogen-bond acceptors (Lipinski definition) is 8. The van der Waals surface area contributed by atoms with Crippen LogP contribution in [0, 0.1) is 6.92 Å². The van der Waals surface area contributed by atoms with Gasteiger partial charge in [0.05, 0.1) is 16.9 Å². The average Bonchev–Trinajstić information content (AvgIpc) is 3.16. The molecule has 0 unspecified atom stereocenters. The molecule has 1 amide bonds. The minimum Gasteiger partial charge on any atom is -0.338 e. The molecule has 10 nitrogen and oxygen atoms in total. The maximum Gasteiger partial charge on any atom is 0.274 e. The van der Waals surface area contributed by atoms with E-state index in [-0.39, 0.29) is 5.91 Å². The molecule has 1 aliphatic heterocycles. The van der Waals surface area contributed by atoms with Gasteiger partial charge in [-0.25, -0.2) is 4.98 Å². The highest BCUT2D eigenvalue weighted by atomic mass is 35.5. The molecule has 3 aromatic rings. The number of carbonyl (C=O) groups excluding carboxylic acids is 1. The second-order valence-corrected chi connectivity index (χ2v) is 8.46. The van der Waals surface area contributed by atoms with E-state index in [4.69, 9.17) is 11.6 Å². The van der Waals surface area contributed by atoms with Crippen molar-refractivity contribution in [3.05, 3.63) is 46.5 Å². The Morgan fingerprint density at radius 3 is 2.58 bits per heavy atom. The lowest BCUT2D eigenvalue weighted by Crippen LogP contribution is -2.45. The van der Waals surface area contributed by atoms with Gasteiger partial charge in [-0.3, -0.25) is 10.1 Å². The summed E-state index contributed by atoms with van der Waals surface area (Å²) in [6, 6.07) is 5.47. The number of aromatic nitrogens is 5. The lowest BCUT2D eigenvalue weighted by atomic mass is 10.2. The van der Waals surface area contributed by atoms with Crippen LogP contribution in [0.15, 0.2) is 24.4 Å². The summed E-state index contributed by atoms with van der Waals surface area (Å²) in [6.45, 7) is 7.53. The Bertz CT molecular complexity index is 1130. The number of likely N-dealkylation sites (N-methyl/N-ethyl adjacent to an activating group) is 1. The van der Waals surface area contributed by atoms with Gasteiger partial charge in [-0.2, -0.15) is 15.0 Å². The lowest BCUT2D eigenvalue weighted by molar-refractivity contribution is 0.101. The van der Waals surface area contributed by atoms with Crippen LogP contribution in [0.1, 0.15) is 28.8 Å². The van der Waals surface area contributed by atoms with E-state index >= 15 is 0 Å². The molecule has 2 aromatic heterocycles. The molecule has 0 aliphatic carbocycles. The molecule has 1 aliphatic rings. The number of halogens is 1. The first-order chi connectivity index (χ1) is 15.9. The fourth-order valence-corrected chi connectivity index (χ4v) is 3.84. The number of piperazine rings is 1. The van der Waals surface area contributed by atoms with Gasteiger partial charge < -0.3 is 19.7 Å². The van der Waals surface area contributed by atoms with E-state index in [1.807, 2.05) is 26.0 Å². The SMILES string of the molecule is CCc1nc(Nc2ncc(C(=O)Nc3c(C)cccc3Cl)n2C)nc(N2CCN(C)CC2)n1. The summed E-state index contributed by atoms with van der Waals surface area (Å²) < 4.78 is 1.66. The number of imidazole rings is 1. The van der Waals surface area contributed by atoms with E-state index in [0.29, 0.717) is 46.5 Å². The number of nitrogens with zero attached hydrogens (tertiary/aromatic N) is 7. The third-order valence-corrected chi connectivity index (χ3v) is 5.99. The van der Waals surface area contributed by atoms with Gasteiger partial charge in [0.2, 0.25) is 17.8 Å². The summed E-state index contributed by atoms with van der Waals surface area (Å²) >= 11 is 6.25. The van der Waals surface area contributed by atoms with Crippen molar-refractivity contribution in [1.82, 2.24) is 29.4 Å². The van der Waals surface area contributed by atoms with Crippen LogP contribution >= 0.6 is 11.6 Å². The predicted octanol–water partition coefficient (Wildman–Crippen LogP) is 2.88. The van der Waals surface area contributed by atoms with Crippen LogP contribution in [0.2, 0.25) is 5.02 Å². The van der Waals surface area contributed by atoms with Gasteiger partial charge in [0.15, 0.2) is 0 Å². The Morgan fingerprint density at radius 2 is 1.88 bits per heavy atom. The van der Waals surface area contributed by atoms with Crippen molar-refractivity contribution < 1.29 is 4.79 Å². The quantitative estimate of drug-likeness (QED) is 0.568. The van der Waals surface area contributed by atoms with Gasteiger partial charge in [0, 0.05) is 39.6 Å². The van der Waals surface area contributed by atoms with E-state index in [2.05, 4.69) is 47.4 Å². The maximum atomic E-state index is 12.9. The second-order valence-electron chi connectivity index (χ2n) is 8.06. The summed E-state index contributed by atoms with van der Waals surface area (Å²) in [5, 5.41) is 6.50. The topological polar surface area (TPSA) is 104 Å². The fraction of sp³-hybridized carbons (Fsp3) is 0.409. The molecule has 3 heterocycles. The van der Waals surface area contributed by atoms with Gasteiger partial charge >= 0.3 is 0 Å². The van der Waals surface area contributed by atoms with E-state index in [1.165, 1.54) is 6.20 Å². The smallest absolute Gasteiger partial charge is 0.274 e. The highest BCUT2D eigenvalue weighted by Crippen LogP contribution is 2.26. The van der Waals surface area contributed by atoms with E-state index in [1.54, 1.807) is 17.7 Å². The van der Waals surface area contributed by atoms with Crippen molar-refractivity contribution in [2.45, 2.75) is 20.3 Å². The van der Waals surface area contributed by atoms with Gasteiger partial charge in [-0.15, -0.1) is 0 Å². The molecular weight excluding hydrogens is 442 g/mol. The molecule has 0 radical (unpaired) electrons. The van der Waals surface area contributed by atoms with Gasteiger partial charge in [0.25, 0.3) is 5.91 Å². The standard InChI is InChI=1S/C22H28ClN9O/c1-5-17-25-20(29-22(26-17)32-11-9-30(3)10-12-32)28-21-24-13-16(31(21)4)19(33)27-18-14(2)7-6-8-15(18)23/h6-8,13H,5,9-12H2,1-4H3,(H,27,33)(H,24,25,26,28,29). The Kier molecular flexibility index (Phi) is 6.75. The molecule has 1 saturated heterocycles. The maximum absolute atomic E-state index is 12.9. The Hall–Kier alpha value is -3.24. The number of amides is 1. The highest BCUT2D eigenvalue weighted by molar-refractivity contribution is 6.34. The van der Waals surface area contributed by atoms with Crippen LogP contribution < -0.4 is 15.5 Å². The summed E-state index contributed by atoms with van der Waals surface area (Å²) in [6.07, 6.45) is 2.19. The molecule has 4 rings (SSSR count). The summed E-state index contributed by atoms with van der Waals surface area (Å²) in [5.74, 6) is 1.89. The summed E-state index contributed by atoms with van der Waals surface area (Å²) in [7, 11) is 3.87. The molecule has 11 heteroatoms. The molecular formula is C22H28ClN9O. The average molecular weight is 470 g/mol. The molecule has 0 spiro atoms. The highest BCUT2D eigenvalue weighted by Gasteiger charge is 2.20. The first-order valence-electron chi connectivity index (χ1n) is 10.9. The fourth-order valence-electron chi connectivity index (χ4n) is 3.57. The number of nitrogens with one attached hydrogen (secondary N) is 2. The third-order valence-electron chi connectivity index (χ3n) is 5.68.